The first-order valence-electron chi connectivity index (χ1n) is 12.9. The Bertz CT molecular complexity index is 1320. The lowest BCUT2D eigenvalue weighted by Gasteiger charge is -2.37. The molecule has 2 N–H and O–H groups in total. The summed E-state index contributed by atoms with van der Waals surface area (Å²) < 4.78 is 1.69. The van der Waals surface area contributed by atoms with Crippen molar-refractivity contribution in [2.24, 2.45) is 5.41 Å². The van der Waals surface area contributed by atoms with E-state index in [0.29, 0.717) is 13.1 Å². The minimum atomic E-state index is -0.765. The highest BCUT2D eigenvalue weighted by Crippen LogP contribution is 2.38. The van der Waals surface area contributed by atoms with Gasteiger partial charge < -0.3 is 15.3 Å². The van der Waals surface area contributed by atoms with E-state index in [9.17, 15) is 14.7 Å². The molecular formula is C27H35N7O3S. The van der Waals surface area contributed by atoms with Gasteiger partial charge in [-0.3, -0.25) is 14.5 Å². The third kappa shape index (κ3) is 4.97. The molecule has 202 valence electrons. The fourth-order valence-electron chi connectivity index (χ4n) is 5.84. The Labute approximate surface area is 226 Å². The molecular weight excluding hydrogens is 502 g/mol. The highest BCUT2D eigenvalue weighted by Gasteiger charge is 2.48. The Hall–Kier alpha value is -3.15. The molecule has 1 aromatic carbocycles. The zero-order chi connectivity index (χ0) is 27.2. The molecule has 4 atom stereocenters. The van der Waals surface area contributed by atoms with Gasteiger partial charge in [-0.15, -0.1) is 16.4 Å². The van der Waals surface area contributed by atoms with Crippen molar-refractivity contribution >= 4 is 23.2 Å². The summed E-state index contributed by atoms with van der Waals surface area (Å²) in [6.07, 6.45) is 1.12. The average Bonchev–Trinajstić information content (AvgIpc) is 3.57. The second-order valence-corrected chi connectivity index (χ2v) is 12.1. The molecule has 3 aromatic rings. The molecule has 0 unspecified atom stereocenters. The van der Waals surface area contributed by atoms with Crippen LogP contribution in [0, 0.1) is 12.3 Å². The first kappa shape index (κ1) is 26.5. The number of rotatable bonds is 5. The van der Waals surface area contributed by atoms with Crippen LogP contribution in [0.25, 0.3) is 10.4 Å². The Morgan fingerprint density at radius 2 is 1.97 bits per heavy atom. The van der Waals surface area contributed by atoms with E-state index >= 15 is 0 Å². The fraction of sp³-hybridized carbons (Fsp3) is 0.519. The van der Waals surface area contributed by atoms with Gasteiger partial charge >= 0.3 is 0 Å². The molecule has 10 nitrogen and oxygen atoms in total. The van der Waals surface area contributed by atoms with Crippen molar-refractivity contribution in [3.8, 4) is 10.4 Å². The molecule has 2 aliphatic rings. The van der Waals surface area contributed by atoms with E-state index < -0.39 is 23.6 Å². The number of thiazole rings is 1. The van der Waals surface area contributed by atoms with Gasteiger partial charge in [0, 0.05) is 31.5 Å². The lowest BCUT2D eigenvalue weighted by Crippen LogP contribution is -2.51. The van der Waals surface area contributed by atoms with Crippen LogP contribution in [0.5, 0.6) is 0 Å². The van der Waals surface area contributed by atoms with Crippen molar-refractivity contribution in [3.63, 3.8) is 0 Å². The van der Waals surface area contributed by atoms with Crippen LogP contribution in [0.15, 0.2) is 36.0 Å². The van der Waals surface area contributed by atoms with E-state index in [2.05, 4.69) is 25.5 Å². The molecule has 5 rings (SSSR count). The van der Waals surface area contributed by atoms with Crippen molar-refractivity contribution in [1.82, 2.24) is 35.1 Å². The van der Waals surface area contributed by atoms with Crippen LogP contribution in [0.1, 0.15) is 56.2 Å². The van der Waals surface area contributed by atoms with Gasteiger partial charge in [-0.1, -0.05) is 43.3 Å². The molecule has 0 bridgehead atoms. The molecule has 0 radical (unpaired) electrons. The number of aliphatic hydroxyl groups excluding tert-OH is 1. The zero-order valence-electron chi connectivity index (χ0n) is 22.5. The van der Waals surface area contributed by atoms with Crippen LogP contribution < -0.4 is 5.32 Å². The number of hydrogen-bond donors (Lipinski definition) is 2. The normalized spacial score (nSPS) is 24.1. The number of benzene rings is 1. The van der Waals surface area contributed by atoms with Crippen LogP contribution in [0.2, 0.25) is 0 Å². The SMILES string of the molecule is Cc1ncsc1-c1ccc([C@H](C)NC(=O)[C@@H]2C[C@@H](O)CN2C(=O)[C@H]2n3nncc3CN(C)CC2(C)C)cc1. The van der Waals surface area contributed by atoms with E-state index in [0.717, 1.165) is 27.4 Å². The summed E-state index contributed by atoms with van der Waals surface area (Å²) in [7, 11) is 2.01. The molecule has 2 amide bonds. The van der Waals surface area contributed by atoms with Crippen molar-refractivity contribution in [2.75, 3.05) is 20.1 Å². The van der Waals surface area contributed by atoms with Crippen LogP contribution in [-0.4, -0.2) is 79.0 Å². The number of likely N-dealkylation sites (tertiary alicyclic amines) is 1. The number of fused-ring (bicyclic) bond motifs is 1. The van der Waals surface area contributed by atoms with Gasteiger partial charge in [0.15, 0.2) is 0 Å². The summed E-state index contributed by atoms with van der Waals surface area (Å²) in [4.78, 5) is 36.7. The monoisotopic (exact) mass is 537 g/mol. The second-order valence-electron chi connectivity index (χ2n) is 11.2. The van der Waals surface area contributed by atoms with Gasteiger partial charge in [0.2, 0.25) is 11.8 Å². The summed E-state index contributed by atoms with van der Waals surface area (Å²) in [6, 6.07) is 6.42. The predicted octanol–water partition coefficient (Wildman–Crippen LogP) is 2.56. The summed E-state index contributed by atoms with van der Waals surface area (Å²) in [5.74, 6) is -0.488. The molecule has 0 aliphatic carbocycles. The number of aliphatic hydroxyl groups is 1. The maximum absolute atomic E-state index is 14.1. The second kappa shape index (κ2) is 10.2. The molecule has 4 heterocycles. The first-order valence-corrected chi connectivity index (χ1v) is 13.8. The predicted molar refractivity (Wildman–Crippen MR) is 144 cm³/mol. The maximum Gasteiger partial charge on any atom is 0.248 e. The number of amides is 2. The molecule has 1 saturated heterocycles. The van der Waals surface area contributed by atoms with Crippen molar-refractivity contribution < 1.29 is 14.7 Å². The number of carbonyl (C=O) groups is 2. The van der Waals surface area contributed by atoms with Crippen molar-refractivity contribution in [3.05, 3.63) is 52.9 Å². The minimum absolute atomic E-state index is 0.112. The standard InChI is InChI=1S/C27H35N7O3S/c1-16(18-6-8-19(9-7-18)23-17(2)28-15-38-23)30-25(36)22-10-21(35)13-33(22)26(37)24-27(3,4)14-32(5)12-20-11-29-31-34(20)24/h6-9,11,15-16,21-22,24,35H,10,12-14H2,1-5H3,(H,30,36)/t16-,21+,22-,24+/m0/s1. The molecule has 2 aromatic heterocycles. The number of carbonyl (C=O) groups excluding carboxylic acids is 2. The molecule has 1 fully saturated rings. The van der Waals surface area contributed by atoms with Crippen molar-refractivity contribution in [1.29, 1.82) is 0 Å². The Morgan fingerprint density at radius 3 is 2.66 bits per heavy atom. The van der Waals surface area contributed by atoms with Gasteiger partial charge in [-0.05, 0) is 32.0 Å². The number of nitrogens with one attached hydrogen (secondary N) is 1. The highest BCUT2D eigenvalue weighted by molar-refractivity contribution is 7.13. The van der Waals surface area contributed by atoms with Crippen LogP contribution in [0.4, 0.5) is 0 Å². The fourth-order valence-corrected chi connectivity index (χ4v) is 6.65. The lowest BCUT2D eigenvalue weighted by molar-refractivity contribution is -0.144. The number of aryl methyl sites for hydroxylation is 1. The molecule has 2 aliphatic heterocycles. The molecule has 0 spiro atoms. The Morgan fingerprint density at radius 1 is 1.24 bits per heavy atom. The van der Waals surface area contributed by atoms with E-state index in [1.165, 1.54) is 4.90 Å². The third-order valence-electron chi connectivity index (χ3n) is 7.62. The topological polar surface area (TPSA) is 116 Å². The maximum atomic E-state index is 14.1. The van der Waals surface area contributed by atoms with Gasteiger partial charge in [0.1, 0.15) is 12.1 Å². The number of hydrogen-bond acceptors (Lipinski definition) is 8. The third-order valence-corrected chi connectivity index (χ3v) is 8.60. The largest absolute Gasteiger partial charge is 0.391 e. The van der Waals surface area contributed by atoms with Crippen LogP contribution in [-0.2, 0) is 16.1 Å². The van der Waals surface area contributed by atoms with E-state index in [1.54, 1.807) is 22.2 Å². The lowest BCUT2D eigenvalue weighted by atomic mass is 9.83. The number of aromatic nitrogens is 4. The Kier molecular flexibility index (Phi) is 7.10. The van der Waals surface area contributed by atoms with Crippen LogP contribution >= 0.6 is 11.3 Å². The summed E-state index contributed by atoms with van der Waals surface area (Å²) >= 11 is 1.60. The number of nitrogens with zero attached hydrogens (tertiary/aromatic N) is 6. The Balaban J connectivity index is 1.33. The van der Waals surface area contributed by atoms with Gasteiger partial charge in [-0.2, -0.15) is 0 Å². The van der Waals surface area contributed by atoms with Gasteiger partial charge in [-0.25, -0.2) is 9.67 Å². The molecule has 38 heavy (non-hydrogen) atoms. The average molecular weight is 538 g/mol. The number of β-amino-alcohol motifs (C(OH)–C–C–N with tert-alkyl or cyclic N) is 1. The van der Waals surface area contributed by atoms with Crippen LogP contribution in [0.3, 0.4) is 0 Å². The first-order chi connectivity index (χ1) is 18.0. The molecule has 0 saturated carbocycles. The van der Waals surface area contributed by atoms with Gasteiger partial charge in [0.05, 0.1) is 40.1 Å². The minimum Gasteiger partial charge on any atom is -0.391 e. The van der Waals surface area contributed by atoms with E-state index in [-0.39, 0.29) is 30.8 Å². The summed E-state index contributed by atoms with van der Waals surface area (Å²) in [5, 5.41) is 21.9. The van der Waals surface area contributed by atoms with E-state index in [4.69, 9.17) is 0 Å². The smallest absolute Gasteiger partial charge is 0.248 e. The highest BCUT2D eigenvalue weighted by atomic mass is 32.1. The quantitative estimate of drug-likeness (QED) is 0.514. The van der Waals surface area contributed by atoms with Gasteiger partial charge in [0.25, 0.3) is 0 Å². The van der Waals surface area contributed by atoms with Crippen molar-refractivity contribution in [2.45, 2.75) is 64.9 Å². The zero-order valence-corrected chi connectivity index (χ0v) is 23.3. The molecule has 11 heteroatoms. The summed E-state index contributed by atoms with van der Waals surface area (Å²) in [6.45, 7) is 9.40. The summed E-state index contributed by atoms with van der Waals surface area (Å²) in [5.41, 5.74) is 5.26. The van der Waals surface area contributed by atoms with E-state index in [1.807, 2.05) is 64.5 Å².